The summed E-state index contributed by atoms with van der Waals surface area (Å²) in [5.74, 6) is 0.0847. The molecule has 30 heavy (non-hydrogen) atoms. The zero-order valence-electron chi connectivity index (χ0n) is 17.4. The molecular weight excluding hydrogens is 383 g/mol. The van der Waals surface area contributed by atoms with E-state index in [4.69, 9.17) is 0 Å². The summed E-state index contributed by atoms with van der Waals surface area (Å²) in [6.45, 7) is 5.00. The number of aromatic nitrogens is 5. The molecule has 0 bridgehead atoms. The Labute approximate surface area is 175 Å². The molecule has 1 amide bonds. The van der Waals surface area contributed by atoms with Crippen LogP contribution in [0.5, 0.6) is 0 Å². The highest BCUT2D eigenvalue weighted by atomic mass is 19.1. The van der Waals surface area contributed by atoms with Gasteiger partial charge in [-0.25, -0.2) is 9.07 Å². The first kappa shape index (κ1) is 20.3. The molecule has 7 nitrogen and oxygen atoms in total. The summed E-state index contributed by atoms with van der Waals surface area (Å²) in [5.41, 5.74) is 3.76. The van der Waals surface area contributed by atoms with E-state index >= 15 is 0 Å². The van der Waals surface area contributed by atoms with Gasteiger partial charge in [0.1, 0.15) is 5.82 Å². The largest absolute Gasteiger partial charge is 0.346 e. The lowest BCUT2D eigenvalue weighted by Gasteiger charge is -2.20. The maximum atomic E-state index is 13.2. The van der Waals surface area contributed by atoms with Crippen LogP contribution in [0.3, 0.4) is 0 Å². The maximum Gasteiger partial charge on any atom is 0.273 e. The Morgan fingerprint density at radius 2 is 1.90 bits per heavy atom. The number of rotatable bonds is 6. The quantitative estimate of drug-likeness (QED) is 0.672. The third kappa shape index (κ3) is 4.42. The van der Waals surface area contributed by atoms with Crippen molar-refractivity contribution in [2.45, 2.75) is 59.0 Å². The smallest absolute Gasteiger partial charge is 0.273 e. The van der Waals surface area contributed by atoms with E-state index in [1.54, 1.807) is 27.7 Å². The molecule has 158 valence electrons. The van der Waals surface area contributed by atoms with E-state index in [0.717, 1.165) is 29.2 Å². The van der Waals surface area contributed by atoms with E-state index in [9.17, 15) is 9.18 Å². The molecule has 1 N–H and O–H groups in total. The van der Waals surface area contributed by atoms with Crippen molar-refractivity contribution in [1.82, 2.24) is 30.1 Å². The van der Waals surface area contributed by atoms with Gasteiger partial charge in [0.05, 0.1) is 17.6 Å². The van der Waals surface area contributed by atoms with Crippen LogP contribution in [0.2, 0.25) is 0 Å². The fourth-order valence-corrected chi connectivity index (χ4v) is 4.15. The molecule has 4 rings (SSSR count). The second-order valence-corrected chi connectivity index (χ2v) is 8.05. The first-order valence-corrected chi connectivity index (χ1v) is 10.5. The van der Waals surface area contributed by atoms with Crippen LogP contribution in [0.4, 0.5) is 4.39 Å². The zero-order chi connectivity index (χ0) is 21.1. The Morgan fingerprint density at radius 1 is 1.17 bits per heavy atom. The number of nitrogens with zero attached hydrogens (tertiary/aromatic N) is 5. The van der Waals surface area contributed by atoms with Crippen molar-refractivity contribution in [3.05, 3.63) is 58.9 Å². The summed E-state index contributed by atoms with van der Waals surface area (Å²) in [7, 11) is 0. The molecule has 2 aromatic heterocycles. The Morgan fingerprint density at radius 3 is 2.63 bits per heavy atom. The van der Waals surface area contributed by atoms with E-state index in [1.165, 1.54) is 44.2 Å². The number of aryl methyl sites for hydroxylation is 1. The summed E-state index contributed by atoms with van der Waals surface area (Å²) in [4.78, 5) is 12.6. The maximum absolute atomic E-state index is 13.2. The molecule has 0 atom stereocenters. The monoisotopic (exact) mass is 410 g/mol. The van der Waals surface area contributed by atoms with Gasteiger partial charge < -0.3 is 5.32 Å². The van der Waals surface area contributed by atoms with Crippen molar-refractivity contribution in [1.29, 1.82) is 0 Å². The summed E-state index contributed by atoms with van der Waals surface area (Å²) < 4.78 is 16.7. The number of carbonyl (C=O) groups excluding carboxylic acids is 1. The number of hydrogen-bond donors (Lipinski definition) is 1. The predicted molar refractivity (Wildman–Crippen MR) is 111 cm³/mol. The van der Waals surface area contributed by atoms with E-state index in [-0.39, 0.29) is 11.7 Å². The Hall–Kier alpha value is -3.03. The number of amides is 1. The van der Waals surface area contributed by atoms with Gasteiger partial charge in [-0.3, -0.25) is 9.48 Å². The van der Waals surface area contributed by atoms with Gasteiger partial charge in [0.2, 0.25) is 0 Å². The van der Waals surface area contributed by atoms with Gasteiger partial charge in [-0.15, -0.1) is 5.10 Å². The van der Waals surface area contributed by atoms with Gasteiger partial charge in [0.25, 0.3) is 5.91 Å². The molecule has 8 heteroatoms. The molecule has 0 saturated heterocycles. The van der Waals surface area contributed by atoms with Crippen molar-refractivity contribution in [3.63, 3.8) is 0 Å². The lowest BCUT2D eigenvalue weighted by Crippen LogP contribution is -2.24. The molecule has 1 fully saturated rings. The molecule has 0 spiro atoms. The summed E-state index contributed by atoms with van der Waals surface area (Å²) in [6.07, 6.45) is 8.04. The Balaban J connectivity index is 1.40. The van der Waals surface area contributed by atoms with E-state index in [1.807, 2.05) is 13.8 Å². The molecular formula is C22H27FN6O. The molecule has 0 unspecified atom stereocenters. The minimum atomic E-state index is -0.288. The fraction of sp³-hybridized carbons (Fsp3) is 0.455. The lowest BCUT2D eigenvalue weighted by molar-refractivity contribution is 0.0945. The van der Waals surface area contributed by atoms with Crippen molar-refractivity contribution in [3.8, 4) is 5.69 Å². The number of halogens is 1. The van der Waals surface area contributed by atoms with Crippen LogP contribution in [-0.2, 0) is 13.1 Å². The average molecular weight is 410 g/mol. The fourth-order valence-electron chi connectivity index (χ4n) is 4.15. The van der Waals surface area contributed by atoms with Gasteiger partial charge in [-0.2, -0.15) is 5.10 Å². The van der Waals surface area contributed by atoms with Crippen molar-refractivity contribution >= 4 is 5.91 Å². The number of carbonyl (C=O) groups is 1. The minimum absolute atomic E-state index is 0.252. The predicted octanol–water partition coefficient (Wildman–Crippen LogP) is 3.73. The zero-order valence-corrected chi connectivity index (χ0v) is 17.4. The first-order chi connectivity index (χ1) is 14.5. The van der Waals surface area contributed by atoms with E-state index < -0.39 is 0 Å². The molecule has 1 aliphatic rings. The third-order valence-electron chi connectivity index (χ3n) is 5.88. The molecule has 1 aliphatic carbocycles. The minimum Gasteiger partial charge on any atom is -0.346 e. The average Bonchev–Trinajstić information content (AvgIpc) is 3.32. The van der Waals surface area contributed by atoms with Gasteiger partial charge >= 0.3 is 0 Å². The van der Waals surface area contributed by atoms with Crippen LogP contribution in [0, 0.1) is 25.6 Å². The summed E-state index contributed by atoms with van der Waals surface area (Å²) >= 11 is 0. The van der Waals surface area contributed by atoms with Crippen LogP contribution >= 0.6 is 0 Å². The Kier molecular flexibility index (Phi) is 5.92. The Bertz CT molecular complexity index is 1020. The number of nitrogens with one attached hydrogen (secondary N) is 1. The standard InChI is InChI=1S/C22H27FN6O/c1-15-20(16(2)29(26-15)19-10-8-18(23)9-11-19)12-24-22(30)21-14-28(27-25-21)13-17-6-4-3-5-7-17/h8-11,14,17H,3-7,12-13H2,1-2H3,(H,24,30). The van der Waals surface area contributed by atoms with Crippen LogP contribution in [0.15, 0.2) is 30.5 Å². The summed E-state index contributed by atoms with van der Waals surface area (Å²) in [6, 6.07) is 6.18. The van der Waals surface area contributed by atoms with Crippen molar-refractivity contribution in [2.75, 3.05) is 0 Å². The molecule has 1 saturated carbocycles. The molecule has 0 radical (unpaired) electrons. The van der Waals surface area contributed by atoms with E-state index in [2.05, 4.69) is 20.7 Å². The highest BCUT2D eigenvalue weighted by molar-refractivity contribution is 5.91. The normalized spacial score (nSPS) is 14.8. The molecule has 3 aromatic rings. The highest BCUT2D eigenvalue weighted by Crippen LogP contribution is 2.24. The topological polar surface area (TPSA) is 77.6 Å². The van der Waals surface area contributed by atoms with E-state index in [0.29, 0.717) is 18.2 Å². The second-order valence-electron chi connectivity index (χ2n) is 8.05. The number of hydrogen-bond acceptors (Lipinski definition) is 4. The first-order valence-electron chi connectivity index (χ1n) is 10.5. The third-order valence-corrected chi connectivity index (χ3v) is 5.88. The van der Waals surface area contributed by atoms with Gasteiger partial charge in [0, 0.05) is 24.3 Å². The van der Waals surface area contributed by atoms with Crippen molar-refractivity contribution < 1.29 is 9.18 Å². The molecule has 0 aliphatic heterocycles. The van der Waals surface area contributed by atoms with Crippen LogP contribution < -0.4 is 5.32 Å². The molecule has 1 aromatic carbocycles. The summed E-state index contributed by atoms with van der Waals surface area (Å²) in [5, 5.41) is 15.6. The van der Waals surface area contributed by atoms with Gasteiger partial charge in [-0.1, -0.05) is 24.5 Å². The van der Waals surface area contributed by atoms with Crippen LogP contribution in [0.1, 0.15) is 59.5 Å². The highest BCUT2D eigenvalue weighted by Gasteiger charge is 2.18. The van der Waals surface area contributed by atoms with Gasteiger partial charge in [-0.05, 0) is 56.9 Å². The van der Waals surface area contributed by atoms with Crippen molar-refractivity contribution in [2.24, 2.45) is 5.92 Å². The molecule has 2 heterocycles. The lowest BCUT2D eigenvalue weighted by atomic mass is 9.89. The van der Waals surface area contributed by atoms with Crippen LogP contribution in [-0.4, -0.2) is 30.7 Å². The number of benzene rings is 1. The van der Waals surface area contributed by atoms with Crippen LogP contribution in [0.25, 0.3) is 5.69 Å². The SMILES string of the molecule is Cc1nn(-c2ccc(F)cc2)c(C)c1CNC(=O)c1cn(CC2CCCCC2)nn1. The van der Waals surface area contributed by atoms with Gasteiger partial charge in [0.15, 0.2) is 5.69 Å². The second kappa shape index (κ2) is 8.77.